The summed E-state index contributed by atoms with van der Waals surface area (Å²) in [6.07, 6.45) is 5.20. The maximum Gasteiger partial charge on any atom is 0.251 e. The molecular formula is C28H33N3O4. The van der Waals surface area contributed by atoms with Crippen LogP contribution in [-0.2, 0) is 14.3 Å². The van der Waals surface area contributed by atoms with E-state index in [1.807, 2.05) is 29.3 Å². The molecule has 0 saturated carbocycles. The molecule has 1 atom stereocenters. The zero-order valence-electron chi connectivity index (χ0n) is 20.2. The lowest BCUT2D eigenvalue weighted by Crippen LogP contribution is -2.45. The van der Waals surface area contributed by atoms with Gasteiger partial charge >= 0.3 is 0 Å². The molecule has 35 heavy (non-hydrogen) atoms. The van der Waals surface area contributed by atoms with Gasteiger partial charge in [0.25, 0.3) is 5.91 Å². The molecule has 1 amide bonds. The van der Waals surface area contributed by atoms with Gasteiger partial charge in [-0.2, -0.15) is 0 Å². The highest BCUT2D eigenvalue weighted by molar-refractivity contribution is 5.92. The molecule has 5 rings (SSSR count). The minimum Gasteiger partial charge on any atom is -0.490 e. The molecule has 1 aromatic heterocycles. The van der Waals surface area contributed by atoms with Crippen LogP contribution in [0.3, 0.4) is 0 Å². The van der Waals surface area contributed by atoms with Gasteiger partial charge in [-0.1, -0.05) is 18.2 Å². The number of aromatic nitrogens is 1. The minimum absolute atomic E-state index is 0.116. The molecule has 7 heteroatoms. The van der Waals surface area contributed by atoms with Crippen molar-refractivity contribution in [3.8, 4) is 16.9 Å². The average Bonchev–Trinajstić information content (AvgIpc) is 3.44. The van der Waals surface area contributed by atoms with Crippen molar-refractivity contribution in [3.63, 3.8) is 0 Å². The molecular weight excluding hydrogens is 442 g/mol. The Balaban J connectivity index is 1.24. The zero-order chi connectivity index (χ0) is 24.0. The highest BCUT2D eigenvalue weighted by atomic mass is 16.5. The number of ether oxygens (including phenoxy) is 3. The van der Waals surface area contributed by atoms with Gasteiger partial charge in [0.15, 0.2) is 0 Å². The fourth-order valence-electron chi connectivity index (χ4n) is 4.87. The first-order chi connectivity index (χ1) is 17.2. The van der Waals surface area contributed by atoms with E-state index in [0.717, 1.165) is 78.8 Å². The lowest BCUT2D eigenvalue weighted by atomic mass is 10.0. The van der Waals surface area contributed by atoms with Crippen LogP contribution in [-0.4, -0.2) is 68.0 Å². The van der Waals surface area contributed by atoms with E-state index in [4.69, 9.17) is 14.2 Å². The number of piperidine rings is 1. The first kappa shape index (κ1) is 23.6. The first-order valence-electron chi connectivity index (χ1n) is 12.5. The van der Waals surface area contributed by atoms with Crippen LogP contribution in [0.1, 0.15) is 25.7 Å². The van der Waals surface area contributed by atoms with E-state index in [2.05, 4.69) is 40.6 Å². The largest absolute Gasteiger partial charge is 0.490 e. The van der Waals surface area contributed by atoms with Crippen molar-refractivity contribution < 1.29 is 19.0 Å². The number of anilines is 1. The monoisotopic (exact) mass is 475 g/mol. The average molecular weight is 476 g/mol. The van der Waals surface area contributed by atoms with Gasteiger partial charge in [-0.3, -0.25) is 9.78 Å². The van der Waals surface area contributed by atoms with Crippen molar-refractivity contribution in [2.75, 3.05) is 45.3 Å². The molecule has 0 spiro atoms. The number of carbonyl (C=O) groups excluding carboxylic acids is 1. The van der Waals surface area contributed by atoms with E-state index < -0.39 is 0 Å². The van der Waals surface area contributed by atoms with Gasteiger partial charge in [-0.05, 0) is 48.7 Å². The molecule has 3 heterocycles. The van der Waals surface area contributed by atoms with Crippen LogP contribution in [0.15, 0.2) is 54.7 Å². The lowest BCUT2D eigenvalue weighted by molar-refractivity contribution is -0.142. The van der Waals surface area contributed by atoms with E-state index in [1.165, 1.54) is 0 Å². The maximum atomic E-state index is 12.6. The molecule has 2 fully saturated rings. The summed E-state index contributed by atoms with van der Waals surface area (Å²) in [6.45, 7) is 3.51. The molecule has 3 aromatic rings. The van der Waals surface area contributed by atoms with Gasteiger partial charge in [-0.15, -0.1) is 0 Å². The van der Waals surface area contributed by atoms with Crippen molar-refractivity contribution in [2.45, 2.75) is 37.9 Å². The van der Waals surface area contributed by atoms with Crippen LogP contribution < -0.4 is 10.1 Å². The number of amides is 1. The number of fused-ring (bicyclic) bond motifs is 1. The van der Waals surface area contributed by atoms with Crippen LogP contribution in [0.2, 0.25) is 0 Å². The van der Waals surface area contributed by atoms with Crippen LogP contribution in [0.25, 0.3) is 22.0 Å². The molecule has 7 nitrogen and oxygen atoms in total. The summed E-state index contributed by atoms with van der Waals surface area (Å²) in [5.41, 5.74) is 4.21. The second-order valence-corrected chi connectivity index (χ2v) is 9.18. The predicted octanol–water partition coefficient (Wildman–Crippen LogP) is 4.51. The SMILES string of the molecule is COCCNc1cc2cccnc2cc1-c1ccc(OC2CCN(C(=O)[C@H]3CCCO3)CC2)cc1. The van der Waals surface area contributed by atoms with Crippen molar-refractivity contribution >= 4 is 22.5 Å². The normalized spacial score (nSPS) is 18.7. The van der Waals surface area contributed by atoms with Gasteiger partial charge in [-0.25, -0.2) is 0 Å². The highest BCUT2D eigenvalue weighted by Gasteiger charge is 2.31. The van der Waals surface area contributed by atoms with Crippen LogP contribution in [0.4, 0.5) is 5.69 Å². The fraction of sp³-hybridized carbons (Fsp3) is 0.429. The molecule has 1 N–H and O–H groups in total. The van der Waals surface area contributed by atoms with E-state index in [9.17, 15) is 4.79 Å². The zero-order valence-corrected chi connectivity index (χ0v) is 20.2. The standard InChI is InChI=1S/C28H33N3O4/c1-33-17-13-30-26-18-21-4-2-12-29-25(21)19-24(26)20-6-8-22(9-7-20)35-23-10-14-31(15-11-23)28(32)27-5-3-16-34-27/h2,4,6-9,12,18-19,23,27,30H,3,5,10-11,13-17H2,1H3/t27-/m1/s1. The third-order valence-corrected chi connectivity index (χ3v) is 6.79. The number of nitrogens with one attached hydrogen (secondary N) is 1. The summed E-state index contributed by atoms with van der Waals surface area (Å²) in [7, 11) is 1.71. The molecule has 2 aromatic carbocycles. The van der Waals surface area contributed by atoms with Crippen molar-refractivity contribution in [3.05, 3.63) is 54.7 Å². The van der Waals surface area contributed by atoms with Crippen molar-refractivity contribution in [2.24, 2.45) is 0 Å². The Hall–Kier alpha value is -3.16. The molecule has 0 aliphatic carbocycles. The lowest BCUT2D eigenvalue weighted by Gasteiger charge is -2.33. The quantitative estimate of drug-likeness (QED) is 0.484. The topological polar surface area (TPSA) is 72.9 Å². The van der Waals surface area contributed by atoms with E-state index in [-0.39, 0.29) is 18.1 Å². The Morgan fingerprint density at radius 3 is 2.71 bits per heavy atom. The van der Waals surface area contributed by atoms with Crippen LogP contribution in [0, 0.1) is 0 Å². The van der Waals surface area contributed by atoms with E-state index >= 15 is 0 Å². The Bertz CT molecular complexity index is 1140. The second kappa shape index (κ2) is 11.1. The Morgan fingerprint density at radius 1 is 1.14 bits per heavy atom. The second-order valence-electron chi connectivity index (χ2n) is 9.18. The van der Waals surface area contributed by atoms with Crippen molar-refractivity contribution in [1.82, 2.24) is 9.88 Å². The molecule has 0 bridgehead atoms. The number of benzene rings is 2. The number of rotatable bonds is 8. The number of nitrogens with zero attached hydrogens (tertiary/aromatic N) is 2. The van der Waals surface area contributed by atoms with Gasteiger partial charge in [0.2, 0.25) is 0 Å². The third kappa shape index (κ3) is 5.57. The number of likely N-dealkylation sites (tertiary alicyclic amines) is 1. The number of methoxy groups -OCH3 is 1. The summed E-state index contributed by atoms with van der Waals surface area (Å²) < 4.78 is 17.0. The highest BCUT2D eigenvalue weighted by Crippen LogP contribution is 2.33. The Labute approximate surface area is 206 Å². The fourth-order valence-corrected chi connectivity index (χ4v) is 4.87. The minimum atomic E-state index is -0.237. The predicted molar refractivity (Wildman–Crippen MR) is 137 cm³/mol. The van der Waals surface area contributed by atoms with Gasteiger partial charge < -0.3 is 24.4 Å². The molecule has 2 aliphatic rings. The number of hydrogen-bond acceptors (Lipinski definition) is 6. The smallest absolute Gasteiger partial charge is 0.251 e. The summed E-state index contributed by atoms with van der Waals surface area (Å²) in [4.78, 5) is 19.0. The molecule has 2 saturated heterocycles. The summed E-state index contributed by atoms with van der Waals surface area (Å²) >= 11 is 0. The number of hydrogen-bond donors (Lipinski definition) is 1. The number of pyridine rings is 1. The van der Waals surface area contributed by atoms with Gasteiger partial charge in [0.1, 0.15) is 18.0 Å². The summed E-state index contributed by atoms with van der Waals surface area (Å²) in [6, 6.07) is 16.5. The Morgan fingerprint density at radius 2 is 1.97 bits per heavy atom. The molecule has 184 valence electrons. The van der Waals surface area contributed by atoms with E-state index in [1.54, 1.807) is 7.11 Å². The summed E-state index contributed by atoms with van der Waals surface area (Å²) in [5.74, 6) is 0.996. The first-order valence-corrected chi connectivity index (χ1v) is 12.5. The molecule has 0 radical (unpaired) electrons. The molecule has 2 aliphatic heterocycles. The number of carbonyl (C=O) groups is 1. The van der Waals surface area contributed by atoms with E-state index in [0.29, 0.717) is 13.2 Å². The van der Waals surface area contributed by atoms with Gasteiger partial charge in [0.05, 0.1) is 12.1 Å². The van der Waals surface area contributed by atoms with Crippen LogP contribution >= 0.6 is 0 Å². The van der Waals surface area contributed by atoms with Gasteiger partial charge in [0, 0.05) is 69.0 Å². The summed E-state index contributed by atoms with van der Waals surface area (Å²) in [5, 5.41) is 4.59. The molecule has 0 unspecified atom stereocenters. The maximum absolute atomic E-state index is 12.6. The van der Waals surface area contributed by atoms with Crippen LogP contribution in [0.5, 0.6) is 5.75 Å². The third-order valence-electron chi connectivity index (χ3n) is 6.79. The Kier molecular flexibility index (Phi) is 7.45. The van der Waals surface area contributed by atoms with Crippen molar-refractivity contribution in [1.29, 1.82) is 0 Å².